The maximum absolute atomic E-state index is 11.7. The first-order chi connectivity index (χ1) is 9.42. The smallest absolute Gasteiger partial charge is 0.435 e. The summed E-state index contributed by atoms with van der Waals surface area (Å²) in [5.41, 5.74) is -0.556. The summed E-state index contributed by atoms with van der Waals surface area (Å²) >= 11 is 0. The van der Waals surface area contributed by atoms with Crippen LogP contribution in [0.15, 0.2) is 12.3 Å². The second kappa shape index (κ2) is 7.86. The summed E-state index contributed by atoms with van der Waals surface area (Å²) in [5.74, 6) is 0.353. The molecule has 0 aliphatic carbocycles. The van der Waals surface area contributed by atoms with Crippen LogP contribution in [0.2, 0.25) is 0 Å². The van der Waals surface area contributed by atoms with Crippen molar-refractivity contribution in [2.24, 2.45) is 0 Å². The van der Waals surface area contributed by atoms with Crippen LogP contribution in [0.25, 0.3) is 0 Å². The Morgan fingerprint density at radius 1 is 1.25 bits per heavy atom. The van der Waals surface area contributed by atoms with Crippen LogP contribution in [-0.4, -0.2) is 55.0 Å². The minimum Gasteiger partial charge on any atom is -0.474 e. The average molecular weight is 286 g/mol. The highest BCUT2D eigenvalue weighted by molar-refractivity contribution is 5.69. The van der Waals surface area contributed by atoms with Gasteiger partial charge in [-0.15, -0.1) is 5.10 Å². The Kier molecular flexibility index (Phi) is 6.47. The zero-order chi connectivity index (χ0) is 15.0. The van der Waals surface area contributed by atoms with E-state index in [1.807, 2.05) is 0 Å². The Balaban J connectivity index is 2.31. The zero-order valence-corrected chi connectivity index (χ0v) is 12.4. The number of carbonyl (C=O) groups is 1. The van der Waals surface area contributed by atoms with Crippen molar-refractivity contribution in [3.63, 3.8) is 0 Å². The molecule has 7 nitrogen and oxygen atoms in total. The number of ether oxygens (including phenoxy) is 4. The van der Waals surface area contributed by atoms with Crippen LogP contribution in [0.3, 0.4) is 0 Å². The van der Waals surface area contributed by atoms with Crippen LogP contribution in [0.1, 0.15) is 20.8 Å². The van der Waals surface area contributed by atoms with Gasteiger partial charge < -0.3 is 18.9 Å². The third-order valence-corrected chi connectivity index (χ3v) is 2.05. The molecule has 0 fully saturated rings. The maximum Gasteiger partial charge on any atom is 0.435 e. The molecule has 0 aliphatic rings. The molecule has 0 unspecified atom stereocenters. The molecule has 20 heavy (non-hydrogen) atoms. The third-order valence-electron chi connectivity index (χ3n) is 2.05. The van der Waals surface area contributed by atoms with Crippen molar-refractivity contribution in [1.82, 2.24) is 9.78 Å². The van der Waals surface area contributed by atoms with E-state index in [2.05, 4.69) is 5.10 Å². The van der Waals surface area contributed by atoms with E-state index in [1.54, 1.807) is 33.9 Å². The van der Waals surface area contributed by atoms with Crippen LogP contribution >= 0.6 is 0 Å². The second-order valence-electron chi connectivity index (χ2n) is 5.03. The summed E-state index contributed by atoms with van der Waals surface area (Å²) in [7, 11) is 1.61. The third kappa shape index (κ3) is 6.53. The van der Waals surface area contributed by atoms with E-state index >= 15 is 0 Å². The Bertz CT molecular complexity index is 411. The first-order valence-electron chi connectivity index (χ1n) is 6.41. The van der Waals surface area contributed by atoms with Crippen molar-refractivity contribution < 1.29 is 23.7 Å². The van der Waals surface area contributed by atoms with Crippen LogP contribution in [0, 0.1) is 0 Å². The first kappa shape index (κ1) is 16.5. The lowest BCUT2D eigenvalue weighted by Crippen LogP contribution is -2.27. The number of hydrogen-bond donors (Lipinski definition) is 0. The van der Waals surface area contributed by atoms with Crippen molar-refractivity contribution in [3.8, 4) is 5.88 Å². The highest BCUT2D eigenvalue weighted by Crippen LogP contribution is 2.11. The number of methoxy groups -OCH3 is 1. The molecule has 114 valence electrons. The molecule has 0 atom stereocenters. The first-order valence-corrected chi connectivity index (χ1v) is 6.41. The lowest BCUT2D eigenvalue weighted by Gasteiger charge is -2.18. The van der Waals surface area contributed by atoms with Crippen molar-refractivity contribution in [1.29, 1.82) is 0 Å². The Morgan fingerprint density at radius 3 is 2.60 bits per heavy atom. The molecule has 1 rings (SSSR count). The number of rotatable bonds is 7. The molecule has 0 radical (unpaired) electrons. The van der Waals surface area contributed by atoms with E-state index in [9.17, 15) is 4.79 Å². The van der Waals surface area contributed by atoms with Gasteiger partial charge in [-0.05, 0) is 20.8 Å². The lowest BCUT2D eigenvalue weighted by atomic mass is 10.2. The van der Waals surface area contributed by atoms with Crippen molar-refractivity contribution in [2.75, 3.05) is 33.5 Å². The number of aromatic nitrogens is 2. The molecule has 0 saturated carbocycles. The Morgan fingerprint density at radius 2 is 1.95 bits per heavy atom. The predicted molar refractivity (Wildman–Crippen MR) is 72.0 cm³/mol. The largest absolute Gasteiger partial charge is 0.474 e. The molecule has 0 N–H and O–H groups in total. The average Bonchev–Trinajstić information content (AvgIpc) is 2.80. The van der Waals surface area contributed by atoms with Crippen molar-refractivity contribution in [3.05, 3.63) is 12.3 Å². The standard InChI is InChI=1S/C13H22N2O5/c1-13(2,3)20-12(16)15-6-5-11(14-15)19-10-9-18-8-7-17-4/h5-6H,7-10H2,1-4H3. The van der Waals surface area contributed by atoms with Crippen molar-refractivity contribution in [2.45, 2.75) is 26.4 Å². The molecule has 0 amide bonds. The normalized spacial score (nSPS) is 11.4. The summed E-state index contributed by atoms with van der Waals surface area (Å²) in [5, 5.41) is 3.97. The maximum atomic E-state index is 11.7. The molecule has 0 bridgehead atoms. The summed E-state index contributed by atoms with van der Waals surface area (Å²) < 4.78 is 21.7. The van der Waals surface area contributed by atoms with E-state index in [0.717, 1.165) is 4.68 Å². The number of carbonyl (C=O) groups excluding carboxylic acids is 1. The minimum atomic E-state index is -0.556. The van der Waals surface area contributed by atoms with Gasteiger partial charge in [0.1, 0.15) is 12.2 Å². The fourth-order valence-electron chi connectivity index (χ4n) is 1.24. The van der Waals surface area contributed by atoms with Gasteiger partial charge in [0.25, 0.3) is 0 Å². The molecule has 0 spiro atoms. The highest BCUT2D eigenvalue weighted by Gasteiger charge is 2.18. The Labute approximate surface area is 118 Å². The van der Waals surface area contributed by atoms with Gasteiger partial charge in [-0.3, -0.25) is 0 Å². The number of nitrogens with zero attached hydrogens (tertiary/aromatic N) is 2. The fourth-order valence-corrected chi connectivity index (χ4v) is 1.24. The van der Waals surface area contributed by atoms with E-state index < -0.39 is 11.7 Å². The predicted octanol–water partition coefficient (Wildman–Crippen LogP) is 1.71. The van der Waals surface area contributed by atoms with Gasteiger partial charge >= 0.3 is 6.09 Å². The fraction of sp³-hybridized carbons (Fsp3) is 0.692. The Hall–Kier alpha value is -1.60. The molecular formula is C13H22N2O5. The SMILES string of the molecule is COCCOCCOc1ccn(C(=O)OC(C)(C)C)n1. The number of hydrogen-bond acceptors (Lipinski definition) is 6. The summed E-state index contributed by atoms with van der Waals surface area (Å²) in [6.45, 7) is 7.24. The molecule has 0 aromatic carbocycles. The van der Waals surface area contributed by atoms with Gasteiger partial charge in [-0.25, -0.2) is 4.79 Å². The quantitative estimate of drug-likeness (QED) is 0.711. The van der Waals surface area contributed by atoms with Crippen LogP contribution in [-0.2, 0) is 14.2 Å². The minimum absolute atomic E-state index is 0.353. The van der Waals surface area contributed by atoms with E-state index in [4.69, 9.17) is 18.9 Å². The van der Waals surface area contributed by atoms with Crippen LogP contribution in [0.4, 0.5) is 4.79 Å². The van der Waals surface area contributed by atoms with Gasteiger partial charge in [-0.2, -0.15) is 4.68 Å². The summed E-state index contributed by atoms with van der Waals surface area (Å²) in [6.07, 6.45) is 0.957. The molecule has 1 aromatic rings. The summed E-state index contributed by atoms with van der Waals surface area (Å²) in [6, 6.07) is 1.60. The molecule has 0 saturated heterocycles. The van der Waals surface area contributed by atoms with Gasteiger partial charge in [0.15, 0.2) is 0 Å². The van der Waals surface area contributed by atoms with Gasteiger partial charge in [0.2, 0.25) is 5.88 Å². The topological polar surface area (TPSA) is 71.8 Å². The van der Waals surface area contributed by atoms with E-state index in [-0.39, 0.29) is 0 Å². The second-order valence-corrected chi connectivity index (χ2v) is 5.03. The molecule has 7 heteroatoms. The van der Waals surface area contributed by atoms with Crippen molar-refractivity contribution >= 4 is 6.09 Å². The van der Waals surface area contributed by atoms with Crippen LogP contribution in [0.5, 0.6) is 5.88 Å². The molecule has 1 heterocycles. The zero-order valence-electron chi connectivity index (χ0n) is 12.4. The van der Waals surface area contributed by atoms with Crippen LogP contribution < -0.4 is 4.74 Å². The van der Waals surface area contributed by atoms with Gasteiger partial charge in [-0.1, -0.05) is 0 Å². The van der Waals surface area contributed by atoms with Gasteiger partial charge in [0.05, 0.1) is 19.8 Å². The summed E-state index contributed by atoms with van der Waals surface area (Å²) in [4.78, 5) is 11.7. The lowest BCUT2D eigenvalue weighted by molar-refractivity contribution is 0.0494. The monoisotopic (exact) mass is 286 g/mol. The molecule has 0 aliphatic heterocycles. The van der Waals surface area contributed by atoms with E-state index in [0.29, 0.717) is 32.3 Å². The molecular weight excluding hydrogens is 264 g/mol. The van der Waals surface area contributed by atoms with E-state index in [1.165, 1.54) is 6.20 Å². The molecule has 1 aromatic heterocycles. The highest BCUT2D eigenvalue weighted by atomic mass is 16.6. The van der Waals surface area contributed by atoms with Gasteiger partial charge in [0, 0.05) is 19.4 Å².